The van der Waals surface area contributed by atoms with Gasteiger partial charge in [-0.1, -0.05) is 0 Å². The van der Waals surface area contributed by atoms with Crippen molar-refractivity contribution in [3.8, 4) is 24.0 Å². The summed E-state index contributed by atoms with van der Waals surface area (Å²) in [6.45, 7) is 4.99. The summed E-state index contributed by atoms with van der Waals surface area (Å²) in [5.74, 6) is -0.328. The SMILES string of the molecule is C#[N+]c1nc2c([O-])n(C)c(=O)n(C)c-2n1. The molecule has 76 valence electrons. The molecule has 0 radical (unpaired) electrons. The number of hydrogen-bond acceptors (Lipinski definition) is 4. The van der Waals surface area contributed by atoms with E-state index in [0.29, 0.717) is 0 Å². The van der Waals surface area contributed by atoms with Crippen molar-refractivity contribution in [2.45, 2.75) is 0 Å². The Balaban J connectivity index is 2.98. The van der Waals surface area contributed by atoms with E-state index in [0.717, 1.165) is 4.57 Å². The van der Waals surface area contributed by atoms with Crippen LogP contribution in [0.25, 0.3) is 16.4 Å². The lowest BCUT2D eigenvalue weighted by molar-refractivity contribution is -0.278. The van der Waals surface area contributed by atoms with Crippen molar-refractivity contribution in [2.75, 3.05) is 0 Å². The van der Waals surface area contributed by atoms with Gasteiger partial charge < -0.3 is 9.67 Å². The summed E-state index contributed by atoms with van der Waals surface area (Å²) in [7, 11) is 2.87. The fraction of sp³-hybridized carbons (Fsp3) is 0.250. The molecule has 2 heterocycles. The van der Waals surface area contributed by atoms with Crippen molar-refractivity contribution in [2.24, 2.45) is 14.1 Å². The summed E-state index contributed by atoms with van der Waals surface area (Å²) in [6, 6.07) is 0. The number of aromatic nitrogens is 4. The highest BCUT2D eigenvalue weighted by molar-refractivity contribution is 5.61. The summed E-state index contributed by atoms with van der Waals surface area (Å²) in [4.78, 5) is 22.4. The van der Waals surface area contributed by atoms with E-state index < -0.39 is 11.6 Å². The minimum atomic E-state index is -0.504. The molecular weight excluding hydrogens is 198 g/mol. The number of fused-ring (bicyclic) bond motifs is 1. The number of hydrogen-bond donors (Lipinski definition) is 0. The van der Waals surface area contributed by atoms with Gasteiger partial charge in [0.2, 0.25) is 5.69 Å². The Morgan fingerprint density at radius 2 is 2.00 bits per heavy atom. The van der Waals surface area contributed by atoms with Gasteiger partial charge in [-0.15, -0.1) is 0 Å². The van der Waals surface area contributed by atoms with E-state index in [1.54, 1.807) is 0 Å². The molecule has 0 fully saturated rings. The predicted molar refractivity (Wildman–Crippen MR) is 50.3 cm³/mol. The van der Waals surface area contributed by atoms with Crippen molar-refractivity contribution < 1.29 is 5.11 Å². The molecule has 0 spiro atoms. The molecule has 7 heteroatoms. The molecule has 7 nitrogen and oxygen atoms in total. The fourth-order valence-electron chi connectivity index (χ4n) is 1.32. The number of nitrogens with zero attached hydrogens (tertiary/aromatic N) is 5. The van der Waals surface area contributed by atoms with E-state index in [1.807, 2.05) is 0 Å². The molecule has 0 bridgehead atoms. The van der Waals surface area contributed by atoms with Gasteiger partial charge in [0.05, 0.1) is 0 Å². The van der Waals surface area contributed by atoms with Gasteiger partial charge in [-0.25, -0.2) is 4.79 Å². The van der Waals surface area contributed by atoms with Crippen LogP contribution in [-0.2, 0) is 14.1 Å². The zero-order valence-corrected chi connectivity index (χ0v) is 8.13. The van der Waals surface area contributed by atoms with Crippen LogP contribution in [0.3, 0.4) is 0 Å². The summed E-state index contributed by atoms with van der Waals surface area (Å²) >= 11 is 0. The molecule has 0 aliphatic carbocycles. The third-order valence-corrected chi connectivity index (χ3v) is 2.14. The fourth-order valence-corrected chi connectivity index (χ4v) is 1.32. The second-order valence-electron chi connectivity index (χ2n) is 3.03. The first kappa shape index (κ1) is 9.21. The number of rotatable bonds is 0. The Bertz CT molecular complexity index is 603. The molecule has 15 heavy (non-hydrogen) atoms. The molecular formula is C8H7N5O2. The molecule has 0 aromatic rings. The molecule has 2 aliphatic heterocycles. The van der Waals surface area contributed by atoms with Crippen molar-refractivity contribution in [3.05, 3.63) is 15.3 Å². The highest BCUT2D eigenvalue weighted by Gasteiger charge is 2.26. The van der Waals surface area contributed by atoms with Crippen molar-refractivity contribution in [1.82, 2.24) is 19.1 Å². The van der Waals surface area contributed by atoms with Crippen LogP contribution >= 0.6 is 0 Å². The first-order valence-electron chi connectivity index (χ1n) is 4.07. The molecule has 0 unspecified atom stereocenters. The maximum Gasteiger partial charge on any atom is 0.533 e. The first-order chi connectivity index (χ1) is 7.06. The van der Waals surface area contributed by atoms with Gasteiger partial charge in [0.1, 0.15) is 6.57 Å². The Morgan fingerprint density at radius 1 is 1.33 bits per heavy atom. The lowest BCUT2D eigenvalue weighted by Gasteiger charge is -2.14. The van der Waals surface area contributed by atoms with E-state index in [4.69, 9.17) is 6.57 Å². The summed E-state index contributed by atoms with van der Waals surface area (Å²) in [5.41, 5.74) is -0.375. The van der Waals surface area contributed by atoms with Gasteiger partial charge in [0.15, 0.2) is 0 Å². The number of imidazole rings is 1. The Kier molecular flexibility index (Phi) is 1.73. The van der Waals surface area contributed by atoms with Crippen molar-refractivity contribution in [1.29, 1.82) is 0 Å². The van der Waals surface area contributed by atoms with E-state index in [9.17, 15) is 9.90 Å². The van der Waals surface area contributed by atoms with Gasteiger partial charge >= 0.3 is 11.6 Å². The average Bonchev–Trinajstić information content (AvgIpc) is 2.67. The van der Waals surface area contributed by atoms with Gasteiger partial charge in [0, 0.05) is 20.0 Å². The normalized spacial score (nSPS) is 10.5. The van der Waals surface area contributed by atoms with E-state index in [-0.39, 0.29) is 17.5 Å². The van der Waals surface area contributed by atoms with Crippen LogP contribution in [0, 0.1) is 6.57 Å². The molecule has 0 N–H and O–H groups in total. The Morgan fingerprint density at radius 3 is 2.60 bits per heavy atom. The van der Waals surface area contributed by atoms with Gasteiger partial charge in [-0.3, -0.25) is 4.57 Å². The monoisotopic (exact) mass is 205 g/mol. The zero-order chi connectivity index (χ0) is 11.2. The first-order valence-corrected chi connectivity index (χ1v) is 4.07. The Labute approximate surface area is 84.4 Å². The smallest absolute Gasteiger partial charge is 0.533 e. The molecule has 0 saturated carbocycles. The minimum absolute atomic E-state index is 0.0108. The van der Waals surface area contributed by atoms with Crippen LogP contribution in [0.5, 0.6) is 5.88 Å². The molecule has 0 saturated heterocycles. The maximum absolute atomic E-state index is 11.6. The third-order valence-electron chi connectivity index (χ3n) is 2.14. The van der Waals surface area contributed by atoms with Crippen LogP contribution in [0.4, 0.5) is 5.95 Å². The van der Waals surface area contributed by atoms with Crippen LogP contribution in [-0.4, -0.2) is 19.1 Å². The van der Waals surface area contributed by atoms with Crippen LogP contribution < -0.4 is 10.8 Å². The van der Waals surface area contributed by atoms with Crippen LogP contribution in [0.1, 0.15) is 0 Å². The van der Waals surface area contributed by atoms with Gasteiger partial charge in [0.25, 0.3) is 5.82 Å². The molecule has 0 aromatic carbocycles. The van der Waals surface area contributed by atoms with E-state index >= 15 is 0 Å². The van der Waals surface area contributed by atoms with E-state index in [1.165, 1.54) is 18.7 Å². The van der Waals surface area contributed by atoms with E-state index in [2.05, 4.69) is 14.8 Å². The topological polar surface area (TPSA) is 80.1 Å². The molecule has 0 aromatic heterocycles. The van der Waals surface area contributed by atoms with Gasteiger partial charge in [-0.2, -0.15) is 4.85 Å². The van der Waals surface area contributed by atoms with Crippen LogP contribution in [0.15, 0.2) is 4.79 Å². The largest absolute Gasteiger partial charge is 0.857 e. The Hall–Kier alpha value is -2.36. The van der Waals surface area contributed by atoms with Crippen molar-refractivity contribution in [3.63, 3.8) is 0 Å². The van der Waals surface area contributed by atoms with Gasteiger partial charge in [-0.05, 0) is 9.97 Å². The molecule has 2 rings (SSSR count). The quantitative estimate of drug-likeness (QED) is 0.568. The third kappa shape index (κ3) is 1.08. The predicted octanol–water partition coefficient (Wildman–Crippen LogP) is -0.714. The molecule has 0 atom stereocenters. The molecule has 2 aliphatic rings. The summed E-state index contributed by atoms with van der Waals surface area (Å²) in [5, 5.41) is 11.6. The zero-order valence-electron chi connectivity index (χ0n) is 8.13. The lowest BCUT2D eigenvalue weighted by atomic mass is 10.4. The second-order valence-corrected chi connectivity index (χ2v) is 3.03. The minimum Gasteiger partial charge on any atom is -0.857 e. The second kappa shape index (κ2) is 2.81. The standard InChI is InChI=1S/C8H7N5O2/c1-9-7-10-4-5(11-7)12(2)8(15)13(3)6(4)14/h1H,2-3H3. The summed E-state index contributed by atoms with van der Waals surface area (Å²) in [6.07, 6.45) is 0. The lowest BCUT2D eigenvalue weighted by Crippen LogP contribution is -2.31. The summed E-state index contributed by atoms with van der Waals surface area (Å²) < 4.78 is 2.18. The van der Waals surface area contributed by atoms with Crippen molar-refractivity contribution >= 4 is 5.95 Å². The highest BCUT2D eigenvalue weighted by Crippen LogP contribution is 2.26. The maximum atomic E-state index is 11.6. The average molecular weight is 205 g/mol. The molecule has 0 amide bonds. The van der Waals surface area contributed by atoms with Crippen LogP contribution in [0.2, 0.25) is 0 Å². The highest BCUT2D eigenvalue weighted by atomic mass is 16.3.